The molecule has 0 bridgehead atoms. The number of carboxylic acids is 1. The van der Waals surface area contributed by atoms with Crippen LogP contribution in [-0.2, 0) is 4.79 Å². The Morgan fingerprint density at radius 1 is 1.57 bits per heavy atom. The molecule has 14 heavy (non-hydrogen) atoms. The molecule has 0 spiro atoms. The van der Waals surface area contributed by atoms with E-state index < -0.39 is 5.97 Å². The Morgan fingerprint density at radius 3 is 2.57 bits per heavy atom. The summed E-state index contributed by atoms with van der Waals surface area (Å²) in [6.07, 6.45) is 5.41. The molecule has 3 heteroatoms. The van der Waals surface area contributed by atoms with E-state index in [1.165, 1.54) is 19.3 Å². The lowest BCUT2D eigenvalue weighted by Gasteiger charge is -2.39. The summed E-state index contributed by atoms with van der Waals surface area (Å²) >= 11 is 0. The zero-order chi connectivity index (χ0) is 10.6. The summed E-state index contributed by atoms with van der Waals surface area (Å²) in [5.74, 6) is -0.713. The smallest absolute Gasteiger partial charge is 0.320 e. The maximum Gasteiger partial charge on any atom is 0.320 e. The molecule has 0 amide bonds. The minimum absolute atomic E-state index is 0.350. The molecule has 0 heterocycles. The molecular formula is C11H21NO2. The highest BCUT2D eigenvalue weighted by Gasteiger charge is 2.32. The first kappa shape index (κ1) is 11.5. The van der Waals surface area contributed by atoms with Crippen molar-refractivity contribution in [3.63, 3.8) is 0 Å². The fourth-order valence-electron chi connectivity index (χ4n) is 1.93. The van der Waals surface area contributed by atoms with Crippen molar-refractivity contribution in [1.29, 1.82) is 0 Å². The van der Waals surface area contributed by atoms with Crippen LogP contribution in [0.5, 0.6) is 0 Å². The highest BCUT2D eigenvalue weighted by Crippen LogP contribution is 2.39. The van der Waals surface area contributed by atoms with E-state index >= 15 is 0 Å². The second kappa shape index (κ2) is 4.78. The van der Waals surface area contributed by atoms with E-state index in [4.69, 9.17) is 5.11 Å². The lowest BCUT2D eigenvalue weighted by molar-refractivity contribution is -0.139. The van der Waals surface area contributed by atoms with Crippen molar-refractivity contribution in [2.24, 2.45) is 5.41 Å². The maximum absolute atomic E-state index is 10.9. The largest absolute Gasteiger partial charge is 0.480 e. The minimum atomic E-state index is -0.713. The van der Waals surface area contributed by atoms with Crippen molar-refractivity contribution in [2.45, 2.75) is 52.0 Å². The third-order valence-electron chi connectivity index (χ3n) is 3.21. The van der Waals surface area contributed by atoms with Crippen molar-refractivity contribution in [3.8, 4) is 0 Å². The third kappa shape index (κ3) is 2.98. The van der Waals surface area contributed by atoms with Gasteiger partial charge in [0.05, 0.1) is 0 Å². The van der Waals surface area contributed by atoms with Crippen LogP contribution in [0.4, 0.5) is 0 Å². The molecule has 0 aromatic heterocycles. The Labute approximate surface area is 85.9 Å². The van der Waals surface area contributed by atoms with Gasteiger partial charge in [0.15, 0.2) is 0 Å². The first-order chi connectivity index (χ1) is 6.57. The van der Waals surface area contributed by atoms with Gasteiger partial charge in [-0.3, -0.25) is 4.79 Å². The maximum atomic E-state index is 10.9. The standard InChI is InChI=1S/C11H21NO2/c1-3-5-9(10(13)14)12-8-11(2)6-4-7-11/h9,12H,3-8H2,1-2H3,(H,13,14). The van der Waals surface area contributed by atoms with Gasteiger partial charge in [-0.05, 0) is 24.7 Å². The molecule has 1 aliphatic carbocycles. The molecule has 1 unspecified atom stereocenters. The Kier molecular flexibility index (Phi) is 3.93. The number of rotatable bonds is 6. The Hall–Kier alpha value is -0.570. The number of carboxylic acid groups (broad SMARTS) is 1. The second-order valence-corrected chi connectivity index (χ2v) is 4.72. The monoisotopic (exact) mass is 199 g/mol. The SMILES string of the molecule is CCCC(NCC1(C)CCC1)C(=O)O. The van der Waals surface area contributed by atoms with Gasteiger partial charge >= 0.3 is 5.97 Å². The molecular weight excluding hydrogens is 178 g/mol. The highest BCUT2D eigenvalue weighted by atomic mass is 16.4. The van der Waals surface area contributed by atoms with Crippen LogP contribution in [-0.4, -0.2) is 23.7 Å². The average molecular weight is 199 g/mol. The predicted molar refractivity (Wildman–Crippen MR) is 56.3 cm³/mol. The zero-order valence-corrected chi connectivity index (χ0v) is 9.18. The van der Waals surface area contributed by atoms with Gasteiger partial charge in [0.1, 0.15) is 6.04 Å². The molecule has 0 saturated heterocycles. The fraction of sp³-hybridized carbons (Fsp3) is 0.909. The molecule has 0 aromatic carbocycles. The lowest BCUT2D eigenvalue weighted by atomic mass is 9.70. The summed E-state index contributed by atoms with van der Waals surface area (Å²) in [6.45, 7) is 5.10. The van der Waals surface area contributed by atoms with Crippen molar-refractivity contribution in [1.82, 2.24) is 5.32 Å². The molecule has 0 aliphatic heterocycles. The fourth-order valence-corrected chi connectivity index (χ4v) is 1.93. The van der Waals surface area contributed by atoms with E-state index in [1.54, 1.807) is 0 Å². The Morgan fingerprint density at radius 2 is 2.21 bits per heavy atom. The lowest BCUT2D eigenvalue weighted by Crippen LogP contribution is -2.45. The summed E-state index contributed by atoms with van der Waals surface area (Å²) in [7, 11) is 0. The summed E-state index contributed by atoms with van der Waals surface area (Å²) in [6, 6.07) is -0.350. The summed E-state index contributed by atoms with van der Waals surface area (Å²) in [5.41, 5.74) is 0.363. The zero-order valence-electron chi connectivity index (χ0n) is 9.18. The van der Waals surface area contributed by atoms with Gasteiger partial charge in [-0.15, -0.1) is 0 Å². The predicted octanol–water partition coefficient (Wildman–Crippen LogP) is 2.02. The molecule has 1 atom stereocenters. The van der Waals surface area contributed by atoms with Gasteiger partial charge in [-0.25, -0.2) is 0 Å². The average Bonchev–Trinajstić information content (AvgIpc) is 2.08. The molecule has 0 radical (unpaired) electrons. The third-order valence-corrected chi connectivity index (χ3v) is 3.21. The van der Waals surface area contributed by atoms with Crippen molar-refractivity contribution < 1.29 is 9.90 Å². The van der Waals surface area contributed by atoms with Crippen LogP contribution in [0.3, 0.4) is 0 Å². The van der Waals surface area contributed by atoms with E-state index in [1.807, 2.05) is 6.92 Å². The minimum Gasteiger partial charge on any atom is -0.480 e. The topological polar surface area (TPSA) is 49.3 Å². The van der Waals surface area contributed by atoms with Crippen LogP contribution in [0.15, 0.2) is 0 Å². The van der Waals surface area contributed by atoms with Crippen LogP contribution in [0.25, 0.3) is 0 Å². The van der Waals surface area contributed by atoms with E-state index in [9.17, 15) is 4.79 Å². The molecule has 1 aliphatic rings. The highest BCUT2D eigenvalue weighted by molar-refractivity contribution is 5.73. The van der Waals surface area contributed by atoms with Crippen LogP contribution in [0.2, 0.25) is 0 Å². The quantitative estimate of drug-likeness (QED) is 0.688. The molecule has 1 rings (SSSR count). The summed E-state index contributed by atoms with van der Waals surface area (Å²) in [4.78, 5) is 10.9. The van der Waals surface area contributed by atoms with E-state index in [0.717, 1.165) is 19.4 Å². The number of hydrogen-bond donors (Lipinski definition) is 2. The van der Waals surface area contributed by atoms with Gasteiger partial charge in [0.25, 0.3) is 0 Å². The van der Waals surface area contributed by atoms with Gasteiger partial charge in [-0.1, -0.05) is 26.7 Å². The van der Waals surface area contributed by atoms with Crippen LogP contribution >= 0.6 is 0 Å². The molecule has 1 saturated carbocycles. The van der Waals surface area contributed by atoms with E-state index in [2.05, 4.69) is 12.2 Å². The van der Waals surface area contributed by atoms with Gasteiger partial charge in [0, 0.05) is 6.54 Å². The number of nitrogens with one attached hydrogen (secondary N) is 1. The Balaban J connectivity index is 2.28. The summed E-state index contributed by atoms with van der Waals surface area (Å²) < 4.78 is 0. The first-order valence-electron chi connectivity index (χ1n) is 5.53. The van der Waals surface area contributed by atoms with Gasteiger partial charge in [-0.2, -0.15) is 0 Å². The molecule has 2 N–H and O–H groups in total. The van der Waals surface area contributed by atoms with Crippen LogP contribution in [0, 0.1) is 5.41 Å². The number of aliphatic carboxylic acids is 1. The van der Waals surface area contributed by atoms with Crippen molar-refractivity contribution in [3.05, 3.63) is 0 Å². The van der Waals surface area contributed by atoms with Crippen molar-refractivity contribution >= 4 is 5.97 Å². The second-order valence-electron chi connectivity index (χ2n) is 4.72. The van der Waals surface area contributed by atoms with E-state index in [-0.39, 0.29) is 6.04 Å². The molecule has 1 fully saturated rings. The first-order valence-corrected chi connectivity index (χ1v) is 5.53. The molecule has 3 nitrogen and oxygen atoms in total. The van der Waals surface area contributed by atoms with Crippen LogP contribution in [0.1, 0.15) is 46.0 Å². The van der Waals surface area contributed by atoms with Gasteiger partial charge < -0.3 is 10.4 Å². The van der Waals surface area contributed by atoms with Crippen LogP contribution < -0.4 is 5.32 Å². The van der Waals surface area contributed by atoms with E-state index in [0.29, 0.717) is 5.41 Å². The van der Waals surface area contributed by atoms with Crippen molar-refractivity contribution in [2.75, 3.05) is 6.54 Å². The number of hydrogen-bond acceptors (Lipinski definition) is 2. The Bertz CT molecular complexity index is 199. The normalized spacial score (nSPS) is 21.3. The molecule has 0 aromatic rings. The summed E-state index contributed by atoms with van der Waals surface area (Å²) in [5, 5.41) is 12.1. The molecule has 82 valence electrons. The van der Waals surface area contributed by atoms with Gasteiger partial charge in [0.2, 0.25) is 0 Å². The number of carbonyl (C=O) groups is 1.